The van der Waals surface area contributed by atoms with Crippen LogP contribution in [0.4, 0.5) is 0 Å². The molecule has 1 fully saturated rings. The van der Waals surface area contributed by atoms with Crippen LogP contribution in [0.3, 0.4) is 0 Å². The van der Waals surface area contributed by atoms with Gasteiger partial charge in [-0.2, -0.15) is 12.6 Å². The van der Waals surface area contributed by atoms with Crippen LogP contribution >= 0.6 is 24.8 Å². The lowest BCUT2D eigenvalue weighted by Gasteiger charge is -2.39. The van der Waals surface area contributed by atoms with Crippen molar-refractivity contribution in [2.45, 2.75) is 30.7 Å². The van der Waals surface area contributed by atoms with Gasteiger partial charge in [0.1, 0.15) is 24.4 Å². The second-order valence-electron chi connectivity index (χ2n) is 4.47. The molecule has 10 heteroatoms. The average Bonchev–Trinajstić information content (AvgIpc) is 2.49. The smallest absolute Gasteiger partial charge is 0.186 e. The number of hydrogen-bond acceptors (Lipinski definition) is 8. The van der Waals surface area contributed by atoms with Crippen LogP contribution in [0.2, 0.25) is 0 Å². The minimum absolute atomic E-state index is 0.158. The van der Waals surface area contributed by atoms with E-state index in [-0.39, 0.29) is 6.61 Å². The van der Waals surface area contributed by atoms with E-state index in [1.54, 1.807) is 0 Å². The van der Waals surface area contributed by atoms with Crippen molar-refractivity contribution in [3.05, 3.63) is 0 Å². The second-order valence-corrected chi connectivity index (χ2v) is 5.33. The molecule has 1 saturated heterocycles. The van der Waals surface area contributed by atoms with Crippen LogP contribution in [0.5, 0.6) is 0 Å². The number of thiol groups is 1. The number of rotatable bonds is 7. The van der Waals surface area contributed by atoms with Crippen LogP contribution in [0, 0.1) is 0 Å². The first-order chi connectivity index (χ1) is 10.0. The highest BCUT2D eigenvalue weighted by molar-refractivity contribution is 7.80. The minimum Gasteiger partial charge on any atom is -0.394 e. The quantitative estimate of drug-likeness (QED) is 0.149. The summed E-state index contributed by atoms with van der Waals surface area (Å²) in [6.07, 6.45) is -6.31. The van der Waals surface area contributed by atoms with Crippen molar-refractivity contribution in [2.24, 2.45) is 0 Å². The van der Waals surface area contributed by atoms with Crippen molar-refractivity contribution in [1.82, 2.24) is 10.6 Å². The van der Waals surface area contributed by atoms with Gasteiger partial charge in [-0.3, -0.25) is 0 Å². The van der Waals surface area contributed by atoms with Crippen LogP contribution in [-0.4, -0.2) is 88.3 Å². The Kier molecular flexibility index (Phi) is 8.74. The van der Waals surface area contributed by atoms with Crippen LogP contribution < -0.4 is 10.6 Å². The second kappa shape index (κ2) is 9.74. The highest BCUT2D eigenvalue weighted by Gasteiger charge is 2.43. The predicted octanol–water partition coefficient (Wildman–Crippen LogP) is -2.80. The van der Waals surface area contributed by atoms with Gasteiger partial charge in [-0.25, -0.2) is 0 Å². The fourth-order valence-electron chi connectivity index (χ4n) is 1.78. The molecule has 8 nitrogen and oxygen atoms in total. The van der Waals surface area contributed by atoms with Crippen molar-refractivity contribution in [3.63, 3.8) is 0 Å². The van der Waals surface area contributed by atoms with Gasteiger partial charge in [0.2, 0.25) is 0 Å². The van der Waals surface area contributed by atoms with E-state index < -0.39 is 37.3 Å². The molecular weight excluding hydrogens is 320 g/mol. The van der Waals surface area contributed by atoms with Crippen LogP contribution in [0.15, 0.2) is 0 Å². The molecule has 0 spiro atoms. The zero-order valence-corrected chi connectivity index (χ0v) is 13.1. The van der Waals surface area contributed by atoms with E-state index in [2.05, 4.69) is 23.3 Å². The summed E-state index contributed by atoms with van der Waals surface area (Å²) in [7, 11) is 0. The molecule has 0 aromatic carbocycles. The molecule has 0 radical (unpaired) electrons. The Morgan fingerprint density at radius 1 is 1.14 bits per heavy atom. The van der Waals surface area contributed by atoms with Gasteiger partial charge in [-0.1, -0.05) is 0 Å². The Labute approximate surface area is 133 Å². The summed E-state index contributed by atoms with van der Waals surface area (Å²) in [5, 5.41) is 44.2. The topological polar surface area (TPSA) is 123 Å². The van der Waals surface area contributed by atoms with Gasteiger partial charge in [0.15, 0.2) is 11.4 Å². The van der Waals surface area contributed by atoms with E-state index in [4.69, 9.17) is 26.8 Å². The lowest BCUT2D eigenvalue weighted by molar-refractivity contribution is -0.300. The maximum Gasteiger partial charge on any atom is 0.186 e. The maximum absolute atomic E-state index is 9.74. The number of ether oxygens (including phenoxy) is 2. The molecule has 1 aliphatic heterocycles. The Balaban J connectivity index is 2.29. The van der Waals surface area contributed by atoms with Crippen LogP contribution in [0.1, 0.15) is 0 Å². The lowest BCUT2D eigenvalue weighted by atomic mass is 9.99. The number of hydrogen-bond donors (Lipinski definition) is 7. The van der Waals surface area contributed by atoms with Crippen LogP contribution in [0.25, 0.3) is 0 Å². The molecule has 1 rings (SSSR count). The Morgan fingerprint density at radius 3 is 2.43 bits per heavy atom. The Hall–Kier alpha value is -0.200. The molecule has 0 bridgehead atoms. The van der Waals surface area contributed by atoms with E-state index >= 15 is 0 Å². The normalized spacial score (nSPS) is 32.7. The number of nitrogens with one attached hydrogen (secondary N) is 2. The predicted molar refractivity (Wildman–Crippen MR) is 82.2 cm³/mol. The van der Waals surface area contributed by atoms with Gasteiger partial charge in [0, 0.05) is 18.8 Å². The zero-order valence-electron chi connectivity index (χ0n) is 11.4. The first-order valence-electron chi connectivity index (χ1n) is 6.56. The SMILES string of the molecule is OC[C@H]1O[C@H](OCCNC(=S)NCCS)[C@@H](O)[C@@H](O)[C@@H]1O. The monoisotopic (exact) mass is 342 g/mol. The van der Waals surface area contributed by atoms with E-state index in [1.165, 1.54) is 0 Å². The van der Waals surface area contributed by atoms with E-state index in [0.29, 0.717) is 24.0 Å². The highest BCUT2D eigenvalue weighted by Crippen LogP contribution is 2.21. The fraction of sp³-hybridized carbons (Fsp3) is 0.909. The lowest BCUT2D eigenvalue weighted by Crippen LogP contribution is -2.59. The molecule has 0 aromatic heterocycles. The van der Waals surface area contributed by atoms with Crippen molar-refractivity contribution in [1.29, 1.82) is 0 Å². The summed E-state index contributed by atoms with van der Waals surface area (Å²) in [4.78, 5) is 0. The Bertz CT molecular complexity index is 323. The van der Waals surface area contributed by atoms with Gasteiger partial charge < -0.3 is 40.5 Å². The summed E-state index contributed by atoms with van der Waals surface area (Å²) in [5.74, 6) is 0.656. The van der Waals surface area contributed by atoms with Crippen molar-refractivity contribution >= 4 is 30.0 Å². The minimum atomic E-state index is -1.44. The first kappa shape index (κ1) is 18.8. The van der Waals surface area contributed by atoms with Gasteiger partial charge in [-0.05, 0) is 12.2 Å². The third-order valence-electron chi connectivity index (χ3n) is 2.92. The summed E-state index contributed by atoms with van der Waals surface area (Å²) in [6.45, 7) is 0.683. The van der Waals surface area contributed by atoms with Crippen molar-refractivity contribution < 1.29 is 29.9 Å². The standard InChI is InChI=1S/C11H22N2O6S2/c14-5-6-7(15)8(16)9(17)10(19-6)18-3-1-12-11(21)13-2-4-20/h6-10,14-17,20H,1-5H2,(H2,12,13,21)/t6-,7-,8+,9+,10+/m1/s1. The third-order valence-corrected chi connectivity index (χ3v) is 3.43. The first-order valence-corrected chi connectivity index (χ1v) is 7.60. The molecule has 0 saturated carbocycles. The molecular formula is C11H22N2O6S2. The molecule has 6 N–H and O–H groups in total. The molecule has 1 heterocycles. The largest absolute Gasteiger partial charge is 0.394 e. The Morgan fingerprint density at radius 2 is 1.81 bits per heavy atom. The van der Waals surface area contributed by atoms with E-state index in [1.807, 2.05) is 0 Å². The number of aliphatic hydroxyl groups is 4. The van der Waals surface area contributed by atoms with Crippen molar-refractivity contribution in [2.75, 3.05) is 32.1 Å². The maximum atomic E-state index is 9.74. The molecule has 0 amide bonds. The molecule has 1 aliphatic rings. The van der Waals surface area contributed by atoms with Crippen molar-refractivity contribution in [3.8, 4) is 0 Å². The molecule has 0 aliphatic carbocycles. The fourth-order valence-corrected chi connectivity index (χ4v) is 2.09. The van der Waals surface area contributed by atoms with E-state index in [9.17, 15) is 15.3 Å². The summed E-state index contributed by atoms with van der Waals surface area (Å²) >= 11 is 9.02. The summed E-state index contributed by atoms with van der Waals surface area (Å²) < 4.78 is 10.5. The number of thiocarbonyl (C=S) groups is 1. The van der Waals surface area contributed by atoms with Gasteiger partial charge in [0.25, 0.3) is 0 Å². The molecule has 5 atom stereocenters. The van der Waals surface area contributed by atoms with Gasteiger partial charge >= 0.3 is 0 Å². The van der Waals surface area contributed by atoms with Gasteiger partial charge in [0.05, 0.1) is 13.2 Å². The molecule has 21 heavy (non-hydrogen) atoms. The zero-order chi connectivity index (χ0) is 15.8. The van der Waals surface area contributed by atoms with Gasteiger partial charge in [-0.15, -0.1) is 0 Å². The molecule has 0 unspecified atom stereocenters. The summed E-state index contributed by atoms with van der Waals surface area (Å²) in [5.41, 5.74) is 0. The third kappa shape index (κ3) is 5.83. The van der Waals surface area contributed by atoms with Crippen LogP contribution in [-0.2, 0) is 9.47 Å². The molecule has 124 valence electrons. The molecule has 0 aromatic rings. The van der Waals surface area contributed by atoms with E-state index in [0.717, 1.165) is 0 Å². The highest BCUT2D eigenvalue weighted by atomic mass is 32.1. The average molecular weight is 342 g/mol. The number of aliphatic hydroxyl groups excluding tert-OH is 4. The summed E-state index contributed by atoms with van der Waals surface area (Å²) in [6, 6.07) is 0.